The molecule has 0 atom stereocenters. The van der Waals surface area contributed by atoms with E-state index in [2.05, 4.69) is 12.6 Å². The largest absolute Gasteiger partial charge is 0.207 e. The fraction of sp³-hybridized carbons (Fsp3) is 0.111. The van der Waals surface area contributed by atoms with Crippen LogP contribution in [0.5, 0.6) is 0 Å². The molecule has 1 aromatic carbocycles. The van der Waals surface area contributed by atoms with Gasteiger partial charge >= 0.3 is 0 Å². The number of benzene rings is 1. The zero-order valence-electron chi connectivity index (χ0n) is 6.30. The third-order valence-corrected chi connectivity index (χ3v) is 1.57. The Morgan fingerprint density at radius 3 is 2.75 bits per heavy atom. The van der Waals surface area contributed by atoms with Crippen molar-refractivity contribution in [3.8, 4) is 0 Å². The van der Waals surface area contributed by atoms with Crippen molar-refractivity contribution in [1.29, 1.82) is 0 Å². The average Bonchev–Trinajstić information content (AvgIpc) is 2.07. The van der Waals surface area contributed by atoms with Gasteiger partial charge in [-0.15, -0.1) is 0 Å². The van der Waals surface area contributed by atoms with Gasteiger partial charge in [0.2, 0.25) is 0 Å². The Balaban J connectivity index is 2.97. The maximum absolute atomic E-state index is 12.9. The van der Waals surface area contributed by atoms with Crippen LogP contribution in [0.4, 0.5) is 8.78 Å². The second kappa shape index (κ2) is 4.26. The Labute approximate surface area is 75.3 Å². The lowest BCUT2D eigenvalue weighted by atomic mass is 10.2. The molecule has 0 aliphatic rings. The highest BCUT2D eigenvalue weighted by molar-refractivity contribution is 7.80. The zero-order valence-corrected chi connectivity index (χ0v) is 7.19. The summed E-state index contributed by atoms with van der Waals surface area (Å²) in [5.41, 5.74) is 0.254. The Morgan fingerprint density at radius 2 is 2.08 bits per heavy atom. The first kappa shape index (κ1) is 9.26. The van der Waals surface area contributed by atoms with E-state index in [0.717, 1.165) is 18.2 Å². The van der Waals surface area contributed by atoms with Gasteiger partial charge in [0.1, 0.15) is 11.6 Å². The third kappa shape index (κ3) is 2.34. The Bertz CT molecular complexity index is 295. The van der Waals surface area contributed by atoms with Gasteiger partial charge in [0.25, 0.3) is 0 Å². The molecule has 0 aliphatic heterocycles. The van der Waals surface area contributed by atoms with Crippen LogP contribution >= 0.6 is 12.6 Å². The van der Waals surface area contributed by atoms with Crippen molar-refractivity contribution < 1.29 is 8.78 Å². The molecule has 0 unspecified atom stereocenters. The van der Waals surface area contributed by atoms with Crippen LogP contribution < -0.4 is 0 Å². The minimum atomic E-state index is -0.435. The molecule has 12 heavy (non-hydrogen) atoms. The minimum Gasteiger partial charge on any atom is -0.207 e. The van der Waals surface area contributed by atoms with Crippen LogP contribution in [0, 0.1) is 11.6 Å². The van der Waals surface area contributed by atoms with Gasteiger partial charge in [-0.05, 0) is 18.2 Å². The predicted octanol–water partition coefficient (Wildman–Crippen LogP) is 2.91. The number of hydrogen-bond donors (Lipinski definition) is 1. The van der Waals surface area contributed by atoms with Gasteiger partial charge in [-0.3, -0.25) is 0 Å². The molecule has 0 N–H and O–H groups in total. The number of hydrogen-bond acceptors (Lipinski definition) is 1. The summed E-state index contributed by atoms with van der Waals surface area (Å²) < 4.78 is 25.4. The molecule has 0 heterocycles. The van der Waals surface area contributed by atoms with E-state index in [9.17, 15) is 8.78 Å². The van der Waals surface area contributed by atoms with E-state index in [1.165, 1.54) is 6.08 Å². The molecule has 0 spiro atoms. The summed E-state index contributed by atoms with van der Waals surface area (Å²) in [7, 11) is 0. The lowest BCUT2D eigenvalue weighted by molar-refractivity contribution is 0.598. The van der Waals surface area contributed by atoms with Gasteiger partial charge in [0.05, 0.1) is 0 Å². The third-order valence-electron chi connectivity index (χ3n) is 1.36. The number of halogens is 2. The van der Waals surface area contributed by atoms with Gasteiger partial charge < -0.3 is 0 Å². The van der Waals surface area contributed by atoms with Crippen LogP contribution in [-0.4, -0.2) is 5.75 Å². The SMILES string of the molecule is Fc1ccc(F)c(C=CCS)c1. The first-order valence-corrected chi connectivity index (χ1v) is 4.09. The molecular weight excluding hydrogens is 178 g/mol. The highest BCUT2D eigenvalue weighted by Gasteiger charge is 1.98. The summed E-state index contributed by atoms with van der Waals surface area (Å²) >= 11 is 3.91. The molecule has 0 saturated heterocycles. The van der Waals surface area contributed by atoms with E-state index in [1.807, 2.05) is 0 Å². The van der Waals surface area contributed by atoms with E-state index in [4.69, 9.17) is 0 Å². The lowest BCUT2D eigenvalue weighted by Gasteiger charge is -1.95. The fourth-order valence-corrected chi connectivity index (χ4v) is 0.927. The minimum absolute atomic E-state index is 0.254. The van der Waals surface area contributed by atoms with Crippen LogP contribution in [0.15, 0.2) is 24.3 Å². The Morgan fingerprint density at radius 1 is 1.33 bits per heavy atom. The van der Waals surface area contributed by atoms with Gasteiger partial charge in [0, 0.05) is 11.3 Å². The first-order valence-electron chi connectivity index (χ1n) is 3.46. The van der Waals surface area contributed by atoms with Gasteiger partial charge in [-0.1, -0.05) is 12.2 Å². The highest BCUT2D eigenvalue weighted by atomic mass is 32.1. The summed E-state index contributed by atoms with van der Waals surface area (Å²) in [6.45, 7) is 0. The molecule has 1 aromatic rings. The Kier molecular flexibility index (Phi) is 3.29. The van der Waals surface area contributed by atoms with E-state index >= 15 is 0 Å². The maximum Gasteiger partial charge on any atom is 0.130 e. The molecule has 1 rings (SSSR count). The van der Waals surface area contributed by atoms with Gasteiger partial charge in [-0.25, -0.2) is 8.78 Å². The number of thiol groups is 1. The summed E-state index contributed by atoms with van der Waals surface area (Å²) in [6.07, 6.45) is 3.16. The average molecular weight is 186 g/mol. The molecule has 0 saturated carbocycles. The normalized spacial score (nSPS) is 10.9. The summed E-state index contributed by atoms with van der Waals surface area (Å²) in [5.74, 6) is -0.347. The van der Waals surface area contributed by atoms with Crippen molar-refractivity contribution in [2.75, 3.05) is 5.75 Å². The topological polar surface area (TPSA) is 0 Å². The van der Waals surface area contributed by atoms with E-state index < -0.39 is 11.6 Å². The molecule has 0 aliphatic carbocycles. The highest BCUT2D eigenvalue weighted by Crippen LogP contribution is 2.11. The predicted molar refractivity (Wildman–Crippen MR) is 49.2 cm³/mol. The summed E-state index contributed by atoms with van der Waals surface area (Å²) in [6, 6.07) is 3.34. The van der Waals surface area contributed by atoms with Crippen LogP contribution in [-0.2, 0) is 0 Å². The summed E-state index contributed by atoms with van der Waals surface area (Å²) in [4.78, 5) is 0. The standard InChI is InChI=1S/C9H8F2S/c10-8-3-4-9(11)7(6-8)2-1-5-12/h1-4,6,12H,5H2. The molecular formula is C9H8F2S. The van der Waals surface area contributed by atoms with Crippen molar-refractivity contribution in [2.24, 2.45) is 0 Å². The van der Waals surface area contributed by atoms with Crippen LogP contribution in [0.2, 0.25) is 0 Å². The van der Waals surface area contributed by atoms with E-state index in [0.29, 0.717) is 5.75 Å². The first-order chi connectivity index (χ1) is 5.74. The quantitative estimate of drug-likeness (QED) is 0.674. The summed E-state index contributed by atoms with van der Waals surface area (Å²) in [5, 5.41) is 0. The molecule has 64 valence electrons. The molecule has 0 radical (unpaired) electrons. The van der Waals surface area contributed by atoms with Crippen LogP contribution in [0.1, 0.15) is 5.56 Å². The Hall–Kier alpha value is -0.830. The van der Waals surface area contributed by atoms with E-state index in [-0.39, 0.29) is 5.56 Å². The fourth-order valence-electron chi connectivity index (χ4n) is 0.822. The van der Waals surface area contributed by atoms with Crippen molar-refractivity contribution in [2.45, 2.75) is 0 Å². The smallest absolute Gasteiger partial charge is 0.130 e. The number of rotatable bonds is 2. The monoisotopic (exact) mass is 186 g/mol. The van der Waals surface area contributed by atoms with Crippen molar-refractivity contribution in [1.82, 2.24) is 0 Å². The molecule has 0 nitrogen and oxygen atoms in total. The molecule has 0 aromatic heterocycles. The second-order valence-electron chi connectivity index (χ2n) is 2.25. The molecule has 0 amide bonds. The van der Waals surface area contributed by atoms with Gasteiger partial charge in [0.15, 0.2) is 0 Å². The van der Waals surface area contributed by atoms with Crippen molar-refractivity contribution in [3.05, 3.63) is 41.5 Å². The van der Waals surface area contributed by atoms with Crippen LogP contribution in [0.25, 0.3) is 6.08 Å². The van der Waals surface area contributed by atoms with Crippen molar-refractivity contribution >= 4 is 18.7 Å². The maximum atomic E-state index is 12.9. The second-order valence-corrected chi connectivity index (χ2v) is 2.62. The molecule has 0 fully saturated rings. The zero-order chi connectivity index (χ0) is 8.97. The molecule has 0 bridgehead atoms. The van der Waals surface area contributed by atoms with Gasteiger partial charge in [-0.2, -0.15) is 12.6 Å². The van der Waals surface area contributed by atoms with Crippen LogP contribution in [0.3, 0.4) is 0 Å². The molecule has 3 heteroatoms. The lowest BCUT2D eigenvalue weighted by Crippen LogP contribution is -1.83. The van der Waals surface area contributed by atoms with E-state index in [1.54, 1.807) is 6.08 Å². The van der Waals surface area contributed by atoms with Crippen molar-refractivity contribution in [3.63, 3.8) is 0 Å².